The Kier molecular flexibility index (Phi) is 7.03. The highest BCUT2D eigenvalue weighted by Gasteiger charge is 2.32. The fraction of sp³-hybridized carbons (Fsp3) is 0.346. The molecule has 1 aliphatic heterocycles. The SMILES string of the molecule is CN1C(=O)[C@@H](NC(=O)c2ncn(Cc3ccc(F)cc3F)n2)COc2ccc(CCC(=O)NC3CC3)cc21. The van der Waals surface area contributed by atoms with Crippen molar-refractivity contribution in [3.63, 3.8) is 0 Å². The molecule has 2 heterocycles. The van der Waals surface area contributed by atoms with Crippen LogP contribution in [0.25, 0.3) is 0 Å². The van der Waals surface area contributed by atoms with Gasteiger partial charge in [-0.05, 0) is 43.0 Å². The topological polar surface area (TPSA) is 118 Å². The number of halogens is 2. The summed E-state index contributed by atoms with van der Waals surface area (Å²) >= 11 is 0. The van der Waals surface area contributed by atoms with E-state index in [1.807, 2.05) is 6.07 Å². The van der Waals surface area contributed by atoms with E-state index in [2.05, 4.69) is 20.7 Å². The second-order valence-electron chi connectivity index (χ2n) is 9.38. The van der Waals surface area contributed by atoms with Crippen LogP contribution in [0.15, 0.2) is 42.7 Å². The van der Waals surface area contributed by atoms with Crippen molar-refractivity contribution < 1.29 is 27.9 Å². The number of carbonyl (C=O) groups is 3. The predicted molar refractivity (Wildman–Crippen MR) is 132 cm³/mol. The van der Waals surface area contributed by atoms with E-state index in [4.69, 9.17) is 4.74 Å². The van der Waals surface area contributed by atoms with E-state index in [9.17, 15) is 23.2 Å². The van der Waals surface area contributed by atoms with Crippen molar-refractivity contribution in [2.24, 2.45) is 0 Å². The maximum Gasteiger partial charge on any atom is 0.291 e. The van der Waals surface area contributed by atoms with E-state index >= 15 is 0 Å². The van der Waals surface area contributed by atoms with E-state index in [1.165, 1.54) is 22.0 Å². The molecule has 2 N–H and O–H groups in total. The molecule has 2 aliphatic rings. The van der Waals surface area contributed by atoms with Gasteiger partial charge in [-0.15, -0.1) is 5.10 Å². The van der Waals surface area contributed by atoms with Crippen LogP contribution in [0.5, 0.6) is 5.75 Å². The van der Waals surface area contributed by atoms with Gasteiger partial charge in [0.25, 0.3) is 11.8 Å². The number of carbonyl (C=O) groups excluding carboxylic acids is 3. The minimum absolute atomic E-state index is 0.00440. The molecule has 5 rings (SSSR count). The summed E-state index contributed by atoms with van der Waals surface area (Å²) in [6.07, 6.45) is 4.17. The van der Waals surface area contributed by atoms with Crippen LogP contribution in [0.2, 0.25) is 0 Å². The Labute approximate surface area is 217 Å². The number of nitrogens with one attached hydrogen (secondary N) is 2. The van der Waals surface area contributed by atoms with Crippen LogP contribution >= 0.6 is 0 Å². The second kappa shape index (κ2) is 10.6. The molecule has 3 amide bonds. The van der Waals surface area contributed by atoms with Gasteiger partial charge >= 0.3 is 0 Å². The van der Waals surface area contributed by atoms with Gasteiger partial charge in [0.15, 0.2) is 0 Å². The third kappa shape index (κ3) is 5.79. The fourth-order valence-electron chi connectivity index (χ4n) is 4.11. The third-order valence-corrected chi connectivity index (χ3v) is 6.39. The smallest absolute Gasteiger partial charge is 0.291 e. The van der Waals surface area contributed by atoms with Gasteiger partial charge in [0.05, 0.1) is 12.2 Å². The van der Waals surface area contributed by atoms with Gasteiger partial charge in [0.2, 0.25) is 11.7 Å². The maximum atomic E-state index is 13.9. The Morgan fingerprint density at radius 3 is 2.71 bits per heavy atom. The van der Waals surface area contributed by atoms with E-state index in [-0.39, 0.29) is 30.4 Å². The van der Waals surface area contributed by atoms with Crippen LogP contribution in [0.4, 0.5) is 14.5 Å². The Hall–Kier alpha value is -4.35. The van der Waals surface area contributed by atoms with Gasteiger partial charge in [0.1, 0.15) is 36.4 Å². The number of amides is 3. The summed E-state index contributed by atoms with van der Waals surface area (Å²) in [6.45, 7) is -0.160. The van der Waals surface area contributed by atoms with Crippen molar-refractivity contribution in [1.29, 1.82) is 0 Å². The maximum absolute atomic E-state index is 13.9. The lowest BCUT2D eigenvalue weighted by atomic mass is 10.1. The van der Waals surface area contributed by atoms with Crippen LogP contribution in [0.1, 0.15) is 41.0 Å². The molecule has 1 atom stereocenters. The molecule has 10 nitrogen and oxygen atoms in total. The predicted octanol–water partition coefficient (Wildman–Crippen LogP) is 1.97. The lowest BCUT2D eigenvalue weighted by Gasteiger charge is -2.20. The molecule has 2 aromatic carbocycles. The summed E-state index contributed by atoms with van der Waals surface area (Å²) in [7, 11) is 1.59. The van der Waals surface area contributed by atoms with Crippen LogP contribution in [-0.4, -0.2) is 58.2 Å². The Morgan fingerprint density at radius 2 is 1.95 bits per heavy atom. The average Bonchev–Trinajstić information content (AvgIpc) is 3.60. The molecular formula is C26H26F2N6O4. The lowest BCUT2D eigenvalue weighted by molar-refractivity contribution is -0.121. The normalized spacial score (nSPS) is 16.9. The van der Waals surface area contributed by atoms with Crippen LogP contribution < -0.4 is 20.3 Å². The summed E-state index contributed by atoms with van der Waals surface area (Å²) in [5, 5.41) is 9.60. The van der Waals surface area contributed by atoms with Crippen molar-refractivity contribution >= 4 is 23.4 Å². The number of nitrogens with zero attached hydrogens (tertiary/aromatic N) is 4. The zero-order valence-electron chi connectivity index (χ0n) is 20.6. The monoisotopic (exact) mass is 524 g/mol. The number of benzene rings is 2. The molecule has 0 spiro atoms. The molecule has 38 heavy (non-hydrogen) atoms. The summed E-state index contributed by atoms with van der Waals surface area (Å²) in [4.78, 5) is 43.3. The summed E-state index contributed by atoms with van der Waals surface area (Å²) in [5.74, 6) is -2.26. The van der Waals surface area contributed by atoms with Gasteiger partial charge < -0.3 is 20.3 Å². The Morgan fingerprint density at radius 1 is 1.13 bits per heavy atom. The molecule has 0 saturated heterocycles. The first kappa shape index (κ1) is 25.3. The van der Waals surface area contributed by atoms with Gasteiger partial charge in [-0.3, -0.25) is 14.4 Å². The van der Waals surface area contributed by atoms with E-state index in [0.717, 1.165) is 30.5 Å². The lowest BCUT2D eigenvalue weighted by Crippen LogP contribution is -2.49. The summed E-state index contributed by atoms with van der Waals surface area (Å²) < 4.78 is 34.1. The second-order valence-corrected chi connectivity index (χ2v) is 9.38. The number of anilines is 1. The van der Waals surface area contributed by atoms with Gasteiger partial charge in [-0.2, -0.15) is 0 Å². The number of aryl methyl sites for hydroxylation is 1. The standard InChI is InChI=1S/C26H26F2N6O4/c1-33-21-10-15(3-9-23(35)30-18-6-7-18)2-8-22(21)38-13-20(26(33)37)31-25(36)24-29-14-34(32-24)12-16-4-5-17(27)11-19(16)28/h2,4-5,8,10-11,14,18,20H,3,6-7,9,12-13H2,1H3,(H,30,35)(H,31,36)/t20-/m0/s1. The third-order valence-electron chi connectivity index (χ3n) is 6.39. The number of hydrogen-bond acceptors (Lipinski definition) is 6. The summed E-state index contributed by atoms with van der Waals surface area (Å²) in [6, 6.07) is 7.88. The molecule has 12 heteroatoms. The highest BCUT2D eigenvalue weighted by Crippen LogP contribution is 2.32. The first-order valence-electron chi connectivity index (χ1n) is 12.2. The zero-order chi connectivity index (χ0) is 26.8. The number of hydrogen-bond donors (Lipinski definition) is 2. The number of aromatic nitrogens is 3. The van der Waals surface area contributed by atoms with Crippen molar-refractivity contribution in [3.05, 3.63) is 71.3 Å². The first-order chi connectivity index (χ1) is 18.3. The van der Waals surface area contributed by atoms with Crippen molar-refractivity contribution in [2.45, 2.75) is 44.3 Å². The molecule has 1 fully saturated rings. The minimum Gasteiger partial charge on any atom is -0.489 e. The first-order valence-corrected chi connectivity index (χ1v) is 12.2. The van der Waals surface area contributed by atoms with Gasteiger partial charge in [0, 0.05) is 31.1 Å². The quantitative estimate of drug-likeness (QED) is 0.465. The van der Waals surface area contributed by atoms with Crippen LogP contribution in [-0.2, 0) is 22.6 Å². The highest BCUT2D eigenvalue weighted by atomic mass is 19.1. The average molecular weight is 525 g/mol. The van der Waals surface area contributed by atoms with Crippen LogP contribution in [0.3, 0.4) is 0 Å². The minimum atomic E-state index is -1.01. The molecule has 0 bridgehead atoms. The van der Waals surface area contributed by atoms with Gasteiger partial charge in [-0.1, -0.05) is 12.1 Å². The van der Waals surface area contributed by atoms with Gasteiger partial charge in [-0.25, -0.2) is 18.4 Å². The highest BCUT2D eigenvalue weighted by molar-refractivity contribution is 6.02. The molecule has 3 aromatic rings. The number of ether oxygens (including phenoxy) is 1. The number of likely N-dealkylation sites (N-methyl/N-ethyl adjacent to an activating group) is 1. The molecule has 1 aromatic heterocycles. The summed E-state index contributed by atoms with van der Waals surface area (Å²) in [5.41, 5.74) is 1.60. The molecule has 0 radical (unpaired) electrons. The molecule has 198 valence electrons. The fourth-order valence-corrected chi connectivity index (χ4v) is 4.11. The number of rotatable bonds is 8. The largest absolute Gasteiger partial charge is 0.489 e. The Balaban J connectivity index is 1.21. The van der Waals surface area contributed by atoms with E-state index in [0.29, 0.717) is 30.3 Å². The van der Waals surface area contributed by atoms with Crippen LogP contribution in [0, 0.1) is 11.6 Å². The van der Waals surface area contributed by atoms with E-state index < -0.39 is 29.5 Å². The van der Waals surface area contributed by atoms with Crippen molar-refractivity contribution in [1.82, 2.24) is 25.4 Å². The van der Waals surface area contributed by atoms with Crippen molar-refractivity contribution in [3.8, 4) is 5.75 Å². The molecule has 0 unspecified atom stereocenters. The number of fused-ring (bicyclic) bond motifs is 1. The molecule has 1 saturated carbocycles. The molecular weight excluding hydrogens is 498 g/mol. The Bertz CT molecular complexity index is 1390. The zero-order valence-corrected chi connectivity index (χ0v) is 20.6. The molecule has 1 aliphatic carbocycles. The van der Waals surface area contributed by atoms with Crippen molar-refractivity contribution in [2.75, 3.05) is 18.6 Å². The van der Waals surface area contributed by atoms with E-state index in [1.54, 1.807) is 19.2 Å².